The van der Waals surface area contributed by atoms with Gasteiger partial charge < -0.3 is 15.7 Å². The van der Waals surface area contributed by atoms with Crippen LogP contribution in [0.4, 0.5) is 0 Å². The molecule has 0 aliphatic carbocycles. The summed E-state index contributed by atoms with van der Waals surface area (Å²) in [6.07, 6.45) is 0.278. The van der Waals surface area contributed by atoms with Crippen LogP contribution in [0.25, 0.3) is 0 Å². The molecule has 0 saturated carbocycles. The van der Waals surface area contributed by atoms with E-state index in [0.717, 1.165) is 0 Å². The Hall–Kier alpha value is -2.08. The molecule has 0 fully saturated rings. The molecule has 0 heterocycles. The molecule has 1 aromatic rings. The van der Waals surface area contributed by atoms with Gasteiger partial charge in [0.1, 0.15) is 0 Å². The maximum absolute atomic E-state index is 11.9. The van der Waals surface area contributed by atoms with Crippen LogP contribution in [0.1, 0.15) is 38.8 Å². The van der Waals surface area contributed by atoms with E-state index in [1.54, 1.807) is 12.1 Å². The molecule has 7 heteroatoms. The second kappa shape index (κ2) is 7.97. The van der Waals surface area contributed by atoms with Gasteiger partial charge in [-0.1, -0.05) is 44.5 Å². The first kappa shape index (κ1) is 19.0. The number of carbonyl (C=O) groups is 3. The van der Waals surface area contributed by atoms with Crippen LogP contribution in [-0.4, -0.2) is 29.4 Å². The molecule has 1 aromatic carbocycles. The molecule has 0 saturated heterocycles. The van der Waals surface area contributed by atoms with E-state index in [-0.39, 0.29) is 24.3 Å². The molecule has 0 aromatic heterocycles. The Bertz CT molecular complexity index is 579. The molecule has 1 rings (SSSR count). The van der Waals surface area contributed by atoms with E-state index in [0.29, 0.717) is 10.6 Å². The molecule has 3 N–H and O–H groups in total. The first-order valence-electron chi connectivity index (χ1n) is 7.13. The van der Waals surface area contributed by atoms with Gasteiger partial charge in [-0.15, -0.1) is 0 Å². The first-order chi connectivity index (χ1) is 10.6. The number of amides is 2. The van der Waals surface area contributed by atoms with Gasteiger partial charge in [0.25, 0.3) is 0 Å². The minimum absolute atomic E-state index is 0.187. The van der Waals surface area contributed by atoms with Gasteiger partial charge in [-0.25, -0.2) is 4.79 Å². The second-order valence-electron chi connectivity index (χ2n) is 6.40. The van der Waals surface area contributed by atoms with E-state index >= 15 is 0 Å². The molecule has 1 atom stereocenters. The fourth-order valence-electron chi connectivity index (χ4n) is 1.88. The molecular weight excluding hydrogens is 320 g/mol. The molecule has 126 valence electrons. The van der Waals surface area contributed by atoms with Crippen molar-refractivity contribution < 1.29 is 19.5 Å². The summed E-state index contributed by atoms with van der Waals surface area (Å²) in [5, 5.41) is 14.6. The fraction of sp³-hybridized carbons (Fsp3) is 0.438. The number of halogens is 1. The van der Waals surface area contributed by atoms with Crippen LogP contribution in [-0.2, 0) is 14.4 Å². The summed E-state index contributed by atoms with van der Waals surface area (Å²) >= 11 is 5.76. The Balaban J connectivity index is 2.60. The van der Waals surface area contributed by atoms with Crippen molar-refractivity contribution in [1.82, 2.24) is 10.6 Å². The van der Waals surface area contributed by atoms with Gasteiger partial charge in [0.05, 0.1) is 6.54 Å². The van der Waals surface area contributed by atoms with E-state index in [1.807, 2.05) is 20.8 Å². The lowest BCUT2D eigenvalue weighted by atomic mass is 9.92. The van der Waals surface area contributed by atoms with Gasteiger partial charge in [0, 0.05) is 11.4 Å². The normalized spacial score (nSPS) is 12.3. The Kier molecular flexibility index (Phi) is 6.57. The average molecular weight is 341 g/mol. The zero-order valence-electron chi connectivity index (χ0n) is 13.4. The van der Waals surface area contributed by atoms with Crippen molar-refractivity contribution in [2.75, 3.05) is 6.54 Å². The summed E-state index contributed by atoms with van der Waals surface area (Å²) in [6, 6.07) is 4.95. The third-order valence-corrected chi connectivity index (χ3v) is 3.14. The van der Waals surface area contributed by atoms with Crippen LogP contribution < -0.4 is 10.6 Å². The topological polar surface area (TPSA) is 95.5 Å². The number of benzene rings is 1. The van der Waals surface area contributed by atoms with Crippen molar-refractivity contribution in [2.45, 2.75) is 33.2 Å². The third-order valence-electron chi connectivity index (χ3n) is 2.89. The van der Waals surface area contributed by atoms with Crippen molar-refractivity contribution in [1.29, 1.82) is 0 Å². The molecule has 1 unspecified atom stereocenters. The van der Waals surface area contributed by atoms with Gasteiger partial charge >= 0.3 is 5.97 Å². The number of carboxylic acids is 1. The SMILES string of the molecule is CC(C)(C)CC(=O)NCC(=O)NC(C(=O)O)c1ccc(Cl)cc1. The lowest BCUT2D eigenvalue weighted by molar-refractivity contribution is -0.142. The number of nitrogens with one attached hydrogen (secondary N) is 2. The Morgan fingerprint density at radius 3 is 2.17 bits per heavy atom. The summed E-state index contributed by atoms with van der Waals surface area (Å²) in [6.45, 7) is 5.46. The highest BCUT2D eigenvalue weighted by atomic mass is 35.5. The van der Waals surface area contributed by atoms with E-state index in [9.17, 15) is 19.5 Å². The lowest BCUT2D eigenvalue weighted by Crippen LogP contribution is -2.41. The van der Waals surface area contributed by atoms with Crippen LogP contribution in [0.3, 0.4) is 0 Å². The second-order valence-corrected chi connectivity index (χ2v) is 6.84. The number of aliphatic carboxylic acids is 1. The molecule has 0 spiro atoms. The summed E-state index contributed by atoms with van der Waals surface area (Å²) in [5.41, 5.74) is 0.212. The van der Waals surface area contributed by atoms with Gasteiger partial charge in [0.15, 0.2) is 6.04 Å². The quantitative estimate of drug-likeness (QED) is 0.739. The van der Waals surface area contributed by atoms with Crippen molar-refractivity contribution in [3.8, 4) is 0 Å². The monoisotopic (exact) mass is 340 g/mol. The molecule has 0 aliphatic rings. The van der Waals surface area contributed by atoms with E-state index in [2.05, 4.69) is 10.6 Å². The highest BCUT2D eigenvalue weighted by molar-refractivity contribution is 6.30. The van der Waals surface area contributed by atoms with Crippen molar-refractivity contribution in [3.05, 3.63) is 34.9 Å². The van der Waals surface area contributed by atoms with Crippen molar-refractivity contribution in [3.63, 3.8) is 0 Å². The largest absolute Gasteiger partial charge is 0.479 e. The minimum atomic E-state index is -1.20. The Morgan fingerprint density at radius 1 is 1.13 bits per heavy atom. The van der Waals surface area contributed by atoms with Gasteiger partial charge in [0.2, 0.25) is 11.8 Å². The number of hydrogen-bond acceptors (Lipinski definition) is 3. The molecule has 0 bridgehead atoms. The summed E-state index contributed by atoms with van der Waals surface area (Å²) in [5.74, 6) is -2.03. The standard InChI is InChI=1S/C16H21ClN2O4/c1-16(2,3)8-12(20)18-9-13(21)19-14(15(22)23)10-4-6-11(17)7-5-10/h4-7,14H,8-9H2,1-3H3,(H,18,20)(H,19,21)(H,22,23). The smallest absolute Gasteiger partial charge is 0.330 e. The van der Waals surface area contributed by atoms with Gasteiger partial charge in [-0.05, 0) is 23.1 Å². The summed E-state index contributed by atoms with van der Waals surface area (Å²) < 4.78 is 0. The number of carbonyl (C=O) groups excluding carboxylic acids is 2. The van der Waals surface area contributed by atoms with Crippen LogP contribution in [0, 0.1) is 5.41 Å². The highest BCUT2D eigenvalue weighted by Crippen LogP contribution is 2.18. The fourth-order valence-corrected chi connectivity index (χ4v) is 2.00. The lowest BCUT2D eigenvalue weighted by Gasteiger charge is -2.18. The average Bonchev–Trinajstić information content (AvgIpc) is 2.41. The highest BCUT2D eigenvalue weighted by Gasteiger charge is 2.22. The molecular formula is C16H21ClN2O4. The van der Waals surface area contributed by atoms with Crippen molar-refractivity contribution in [2.24, 2.45) is 5.41 Å². The van der Waals surface area contributed by atoms with E-state index in [1.165, 1.54) is 12.1 Å². The predicted octanol–water partition coefficient (Wildman–Crippen LogP) is 2.13. The zero-order valence-corrected chi connectivity index (χ0v) is 14.1. The molecule has 2 amide bonds. The Morgan fingerprint density at radius 2 is 1.70 bits per heavy atom. The van der Waals surface area contributed by atoms with Crippen LogP contribution >= 0.6 is 11.6 Å². The number of hydrogen-bond donors (Lipinski definition) is 3. The van der Waals surface area contributed by atoms with Gasteiger partial charge in [-0.3, -0.25) is 9.59 Å². The minimum Gasteiger partial charge on any atom is -0.479 e. The van der Waals surface area contributed by atoms with E-state index < -0.39 is 17.9 Å². The number of rotatable bonds is 6. The zero-order chi connectivity index (χ0) is 17.6. The van der Waals surface area contributed by atoms with Crippen molar-refractivity contribution >= 4 is 29.4 Å². The summed E-state index contributed by atoms with van der Waals surface area (Å²) in [4.78, 5) is 34.8. The van der Waals surface area contributed by atoms with E-state index in [4.69, 9.17) is 11.6 Å². The number of carboxylic acid groups (broad SMARTS) is 1. The maximum Gasteiger partial charge on any atom is 0.330 e. The predicted molar refractivity (Wildman–Crippen MR) is 87.1 cm³/mol. The molecule has 23 heavy (non-hydrogen) atoms. The molecule has 0 radical (unpaired) electrons. The molecule has 6 nitrogen and oxygen atoms in total. The maximum atomic E-state index is 11.9. The van der Waals surface area contributed by atoms with Crippen LogP contribution in [0.15, 0.2) is 24.3 Å². The summed E-state index contributed by atoms with van der Waals surface area (Å²) in [7, 11) is 0. The van der Waals surface area contributed by atoms with Gasteiger partial charge in [-0.2, -0.15) is 0 Å². The molecule has 0 aliphatic heterocycles. The van der Waals surface area contributed by atoms with Crippen LogP contribution in [0.5, 0.6) is 0 Å². The van der Waals surface area contributed by atoms with Crippen LogP contribution in [0.2, 0.25) is 5.02 Å². The third kappa shape index (κ3) is 7.15. The first-order valence-corrected chi connectivity index (χ1v) is 7.50. The Labute approximate surface area is 140 Å².